The topological polar surface area (TPSA) is 76.0 Å². The summed E-state index contributed by atoms with van der Waals surface area (Å²) in [6, 6.07) is 0. The van der Waals surface area contributed by atoms with Gasteiger partial charge in [-0.05, 0) is 145 Å². The zero-order valence-electron chi connectivity index (χ0n) is 43.7. The molecule has 0 saturated heterocycles. The van der Waals surface area contributed by atoms with Gasteiger partial charge in [0.05, 0.1) is 12.0 Å². The molecule has 358 valence electrons. The number of fused-ring (bicyclic) bond motifs is 2. The van der Waals surface area contributed by atoms with Crippen molar-refractivity contribution in [3.8, 4) is 23.0 Å². The quantitative estimate of drug-likeness (QED) is 0.110. The van der Waals surface area contributed by atoms with Crippen LogP contribution in [-0.2, 0) is 0 Å². The lowest BCUT2D eigenvalue weighted by atomic mass is 9.83. The van der Waals surface area contributed by atoms with Gasteiger partial charge in [0.1, 0.15) is 34.2 Å². The van der Waals surface area contributed by atoms with Crippen LogP contribution >= 0.6 is 0 Å². The molecule has 2 aliphatic rings. The molecule has 0 bridgehead atoms. The van der Waals surface area contributed by atoms with Gasteiger partial charge in [0.2, 0.25) is 0 Å². The van der Waals surface area contributed by atoms with E-state index in [4.69, 9.17) is 9.47 Å². The van der Waals surface area contributed by atoms with Gasteiger partial charge in [-0.1, -0.05) is 151 Å². The van der Waals surface area contributed by atoms with E-state index in [0.717, 1.165) is 93.9 Å². The molecule has 0 aromatic heterocycles. The summed E-state index contributed by atoms with van der Waals surface area (Å²) in [6.45, 7) is 34.8. The van der Waals surface area contributed by atoms with E-state index in [2.05, 4.69) is 88.3 Å². The first-order valence-corrected chi connectivity index (χ1v) is 25.7. The average molecular weight is 873 g/mol. The average Bonchev–Trinajstić information content (AvgIpc) is 3.20. The van der Waals surface area contributed by atoms with Gasteiger partial charge in [-0.15, -0.1) is 0 Å². The number of phenols is 2. The Hall–Kier alpha value is -2.95. The molecule has 5 heteroatoms. The van der Waals surface area contributed by atoms with Crippen molar-refractivity contribution in [2.24, 2.45) is 35.5 Å². The Kier molecular flexibility index (Phi) is 21.7. The van der Waals surface area contributed by atoms with Crippen LogP contribution in [-0.4, -0.2) is 27.2 Å². The molecule has 2 aromatic carbocycles. The fraction of sp³-hybridized carbons (Fsp3) is 0.741. The van der Waals surface area contributed by atoms with E-state index in [1.807, 2.05) is 34.6 Å². The molecule has 2 aromatic rings. The summed E-state index contributed by atoms with van der Waals surface area (Å²) in [6.07, 6.45) is 27.7. The molecular formula is C58H96O5. The number of hydrogen-bond acceptors (Lipinski definition) is 5. The number of ketones is 1. The fourth-order valence-corrected chi connectivity index (χ4v) is 10.1. The Bertz CT molecular complexity index is 1780. The maximum Gasteiger partial charge on any atom is 0.170 e. The number of carbonyl (C=O) groups is 1. The van der Waals surface area contributed by atoms with E-state index >= 15 is 0 Å². The van der Waals surface area contributed by atoms with Crippen LogP contribution in [0.2, 0.25) is 0 Å². The second-order valence-corrected chi connectivity index (χ2v) is 22.5. The molecule has 5 nitrogen and oxygen atoms in total. The molecule has 63 heavy (non-hydrogen) atoms. The van der Waals surface area contributed by atoms with Crippen molar-refractivity contribution in [3.05, 3.63) is 50.6 Å². The number of benzene rings is 2. The minimum atomic E-state index is -0.449. The highest BCUT2D eigenvalue weighted by Crippen LogP contribution is 2.45. The lowest BCUT2D eigenvalue weighted by molar-refractivity contribution is 0.0438. The molecule has 0 radical (unpaired) electrons. The number of aromatic hydroxyl groups is 2. The van der Waals surface area contributed by atoms with Crippen LogP contribution in [0.4, 0.5) is 0 Å². The van der Waals surface area contributed by atoms with Crippen molar-refractivity contribution in [1.82, 2.24) is 0 Å². The van der Waals surface area contributed by atoms with E-state index < -0.39 is 5.60 Å². The molecule has 0 fully saturated rings. The Morgan fingerprint density at radius 3 is 1.37 bits per heavy atom. The normalized spacial score (nSPS) is 20.1. The number of rotatable bonds is 24. The number of Topliss-reactive ketones (excluding diaryl/α,β-unsaturated/α-hetero) is 1. The van der Waals surface area contributed by atoms with Gasteiger partial charge < -0.3 is 19.7 Å². The highest BCUT2D eigenvalue weighted by Gasteiger charge is 2.39. The van der Waals surface area contributed by atoms with Gasteiger partial charge in [-0.2, -0.15) is 0 Å². The third-order valence-electron chi connectivity index (χ3n) is 15.1. The second-order valence-electron chi connectivity index (χ2n) is 22.5. The van der Waals surface area contributed by atoms with Crippen molar-refractivity contribution < 1.29 is 24.5 Å². The Labute approximate surface area is 388 Å². The Balaban J connectivity index is 0.000000335. The number of ether oxygens (including phenoxy) is 2. The van der Waals surface area contributed by atoms with Crippen LogP contribution < -0.4 is 9.47 Å². The maximum absolute atomic E-state index is 13.0. The standard InChI is InChI=1S/C29H48O3.C29H48O2/c1-19(2)12-9-13-20(3)14-10-15-21(4)16-11-17-29(8)18-25(30)26-24(7)27(31)22(5)23(6)28(26)32-29;1-20(2)12-9-13-21(3)14-10-15-22(4)16-11-18-29(8)19-17-26-25(7)27(30)23(5)24(6)28(26)31-29/h19-21,31H,9-18H2,1-8H3;17,19-22,30H,9-16,18H2,1-8H3/t20-,21-,29-;21-,22-,29-/m11/s1. The maximum atomic E-state index is 13.0. The van der Waals surface area contributed by atoms with Gasteiger partial charge in [-0.25, -0.2) is 0 Å². The van der Waals surface area contributed by atoms with E-state index in [9.17, 15) is 15.0 Å². The summed E-state index contributed by atoms with van der Waals surface area (Å²) in [5.74, 6) is 7.26. The van der Waals surface area contributed by atoms with Crippen molar-refractivity contribution >= 4 is 11.9 Å². The number of carbonyl (C=O) groups excluding carboxylic acids is 1. The van der Waals surface area contributed by atoms with Crippen molar-refractivity contribution in [2.45, 2.75) is 244 Å². The van der Waals surface area contributed by atoms with Gasteiger partial charge in [-0.3, -0.25) is 4.79 Å². The van der Waals surface area contributed by atoms with Gasteiger partial charge in [0.15, 0.2) is 5.78 Å². The molecule has 0 saturated carbocycles. The molecule has 0 aliphatic carbocycles. The number of phenolic OH excluding ortho intramolecular Hbond substituents is 2. The van der Waals surface area contributed by atoms with Crippen molar-refractivity contribution in [3.63, 3.8) is 0 Å². The van der Waals surface area contributed by atoms with Crippen LogP contribution in [0.5, 0.6) is 23.0 Å². The van der Waals surface area contributed by atoms with Crippen LogP contribution in [0.25, 0.3) is 6.08 Å². The molecule has 2 N–H and O–H groups in total. The summed E-state index contributed by atoms with van der Waals surface area (Å²) in [5.41, 5.74) is 6.18. The monoisotopic (exact) mass is 873 g/mol. The van der Waals surface area contributed by atoms with E-state index in [1.54, 1.807) is 0 Å². The molecule has 0 amide bonds. The molecule has 2 heterocycles. The summed E-state index contributed by atoms with van der Waals surface area (Å²) >= 11 is 0. The van der Waals surface area contributed by atoms with Crippen LogP contribution in [0.1, 0.15) is 241 Å². The lowest BCUT2D eigenvalue weighted by Crippen LogP contribution is -2.40. The molecular weight excluding hydrogens is 777 g/mol. The second kappa shape index (κ2) is 25.1. The molecule has 2 aliphatic heterocycles. The minimum Gasteiger partial charge on any atom is -0.507 e. The SMILES string of the molecule is Cc1c(C)c2c(c(C)c1O)C(=O)C[C@@](C)(CCC[C@H](C)CCC[C@H](C)CCCC(C)C)O2.Cc1c(C)c2c(c(C)c1O)C=C[C@@](C)(CCC[C@H](C)CCC[C@H](C)CCCC(C)C)O2. The molecule has 4 rings (SSSR count). The van der Waals surface area contributed by atoms with E-state index in [1.165, 1.54) is 96.3 Å². The third kappa shape index (κ3) is 16.5. The highest BCUT2D eigenvalue weighted by atomic mass is 16.5. The largest absolute Gasteiger partial charge is 0.507 e. The molecule has 0 unspecified atom stereocenters. The van der Waals surface area contributed by atoms with Crippen molar-refractivity contribution in [1.29, 1.82) is 0 Å². The zero-order chi connectivity index (χ0) is 47.2. The first-order valence-electron chi connectivity index (χ1n) is 25.7. The predicted octanol–water partition coefficient (Wildman–Crippen LogP) is 17.4. The lowest BCUT2D eigenvalue weighted by Gasteiger charge is -2.37. The Morgan fingerprint density at radius 1 is 0.508 bits per heavy atom. The zero-order valence-corrected chi connectivity index (χ0v) is 43.7. The van der Waals surface area contributed by atoms with Crippen molar-refractivity contribution in [2.75, 3.05) is 0 Å². The van der Waals surface area contributed by atoms with E-state index in [0.29, 0.717) is 29.0 Å². The molecule has 6 atom stereocenters. The smallest absolute Gasteiger partial charge is 0.170 e. The van der Waals surface area contributed by atoms with Crippen LogP contribution in [0.3, 0.4) is 0 Å². The highest BCUT2D eigenvalue weighted by molar-refractivity contribution is 6.03. The number of hydrogen-bond donors (Lipinski definition) is 2. The summed E-state index contributed by atoms with van der Waals surface area (Å²) < 4.78 is 13.0. The van der Waals surface area contributed by atoms with Gasteiger partial charge in [0, 0.05) is 16.7 Å². The van der Waals surface area contributed by atoms with E-state index in [-0.39, 0.29) is 17.1 Å². The van der Waals surface area contributed by atoms with Gasteiger partial charge in [0.25, 0.3) is 0 Å². The van der Waals surface area contributed by atoms with Crippen LogP contribution in [0.15, 0.2) is 6.08 Å². The minimum absolute atomic E-state index is 0.101. The third-order valence-corrected chi connectivity index (χ3v) is 15.1. The first kappa shape index (κ1) is 54.4. The summed E-state index contributed by atoms with van der Waals surface area (Å²) in [7, 11) is 0. The summed E-state index contributed by atoms with van der Waals surface area (Å²) in [5, 5.41) is 20.7. The predicted molar refractivity (Wildman–Crippen MR) is 270 cm³/mol. The first-order chi connectivity index (χ1) is 29.5. The van der Waals surface area contributed by atoms with Gasteiger partial charge >= 0.3 is 0 Å². The summed E-state index contributed by atoms with van der Waals surface area (Å²) in [4.78, 5) is 13.0. The molecule has 0 spiro atoms. The fourth-order valence-electron chi connectivity index (χ4n) is 10.1. The van der Waals surface area contributed by atoms with Crippen LogP contribution in [0, 0.1) is 77.0 Å². The Morgan fingerprint density at radius 2 is 0.905 bits per heavy atom.